The highest BCUT2D eigenvalue weighted by molar-refractivity contribution is 5.79. The molecule has 3 nitrogen and oxygen atoms in total. The summed E-state index contributed by atoms with van der Waals surface area (Å²) in [6.07, 6.45) is 3.21. The number of H-pyrrole nitrogens is 1. The first-order valence-electron chi connectivity index (χ1n) is 7.48. The molecule has 0 fully saturated rings. The minimum absolute atomic E-state index is 0.548. The van der Waals surface area contributed by atoms with Gasteiger partial charge in [-0.25, -0.2) is 0 Å². The highest BCUT2D eigenvalue weighted by Crippen LogP contribution is 2.14. The van der Waals surface area contributed by atoms with Crippen molar-refractivity contribution >= 4 is 10.9 Å². The molecule has 1 atom stereocenters. The second-order valence-electron chi connectivity index (χ2n) is 6.37. The normalized spacial score (nSPS) is 13.5. The first-order chi connectivity index (χ1) is 9.54. The summed E-state index contributed by atoms with van der Waals surface area (Å²) in [6, 6.07) is 9.31. The zero-order valence-electron chi connectivity index (χ0n) is 13.1. The molecule has 2 aromatic rings. The number of nitrogens with zero attached hydrogens (tertiary/aromatic N) is 1. The Balaban J connectivity index is 1.96. The summed E-state index contributed by atoms with van der Waals surface area (Å²) in [5.41, 5.74) is 2.56. The average Bonchev–Trinajstić information content (AvgIpc) is 2.81. The molecule has 0 radical (unpaired) electrons. The van der Waals surface area contributed by atoms with Crippen LogP contribution in [0, 0.1) is 5.92 Å². The maximum absolute atomic E-state index is 3.70. The van der Waals surface area contributed by atoms with Crippen molar-refractivity contribution in [3.8, 4) is 0 Å². The van der Waals surface area contributed by atoms with E-state index in [2.05, 4.69) is 67.4 Å². The lowest BCUT2D eigenvalue weighted by molar-refractivity contribution is 0.305. The molecule has 2 rings (SSSR count). The van der Waals surface area contributed by atoms with Gasteiger partial charge in [0, 0.05) is 30.8 Å². The van der Waals surface area contributed by atoms with Gasteiger partial charge < -0.3 is 15.2 Å². The largest absolute Gasteiger partial charge is 0.361 e. The molecular formula is C17H27N3. The highest BCUT2D eigenvalue weighted by atomic mass is 15.1. The number of fused-ring (bicyclic) bond motifs is 1. The molecule has 1 aromatic carbocycles. The van der Waals surface area contributed by atoms with E-state index in [1.165, 1.54) is 22.9 Å². The van der Waals surface area contributed by atoms with Crippen molar-refractivity contribution in [3.63, 3.8) is 0 Å². The minimum Gasteiger partial charge on any atom is -0.361 e. The fourth-order valence-corrected chi connectivity index (χ4v) is 2.71. The summed E-state index contributed by atoms with van der Waals surface area (Å²) < 4.78 is 0. The number of hydrogen-bond acceptors (Lipinski definition) is 2. The first kappa shape index (κ1) is 15.1. The van der Waals surface area contributed by atoms with Gasteiger partial charge in [0.1, 0.15) is 0 Å². The number of rotatable bonds is 7. The Morgan fingerprint density at radius 1 is 1.20 bits per heavy atom. The van der Waals surface area contributed by atoms with Crippen molar-refractivity contribution in [3.05, 3.63) is 36.0 Å². The maximum atomic E-state index is 3.70. The van der Waals surface area contributed by atoms with Crippen LogP contribution in [0.25, 0.3) is 10.9 Å². The van der Waals surface area contributed by atoms with Crippen LogP contribution in [0.4, 0.5) is 0 Å². The van der Waals surface area contributed by atoms with Gasteiger partial charge in [-0.05, 0) is 55.6 Å². The van der Waals surface area contributed by atoms with E-state index in [1.54, 1.807) is 0 Å². The Hall–Kier alpha value is -1.32. The van der Waals surface area contributed by atoms with E-state index >= 15 is 0 Å². The minimum atomic E-state index is 0.548. The summed E-state index contributed by atoms with van der Waals surface area (Å²) in [5.74, 6) is 0.722. The first-order valence-corrected chi connectivity index (χ1v) is 7.48. The Bertz CT molecular complexity index is 518. The molecule has 1 heterocycles. The summed E-state index contributed by atoms with van der Waals surface area (Å²) in [7, 11) is 4.28. The second-order valence-corrected chi connectivity index (χ2v) is 6.37. The van der Waals surface area contributed by atoms with Crippen molar-refractivity contribution < 1.29 is 0 Å². The lowest BCUT2D eigenvalue weighted by Crippen LogP contribution is -2.38. The molecule has 0 aliphatic heterocycles. The summed E-state index contributed by atoms with van der Waals surface area (Å²) in [6.45, 7) is 6.60. The Kier molecular flexibility index (Phi) is 5.21. The molecule has 3 heteroatoms. The van der Waals surface area contributed by atoms with Gasteiger partial charge in [-0.15, -0.1) is 0 Å². The zero-order valence-corrected chi connectivity index (χ0v) is 13.1. The van der Waals surface area contributed by atoms with Crippen molar-refractivity contribution in [1.82, 2.24) is 15.2 Å². The van der Waals surface area contributed by atoms with Gasteiger partial charge in [-0.1, -0.05) is 19.9 Å². The molecule has 110 valence electrons. The monoisotopic (exact) mass is 273 g/mol. The molecule has 0 amide bonds. The smallest absolute Gasteiger partial charge is 0.0454 e. The molecule has 20 heavy (non-hydrogen) atoms. The fraction of sp³-hybridized carbons (Fsp3) is 0.529. The second kappa shape index (κ2) is 6.91. The van der Waals surface area contributed by atoms with Crippen molar-refractivity contribution in [2.75, 3.05) is 20.6 Å². The number of hydrogen-bond donors (Lipinski definition) is 2. The van der Waals surface area contributed by atoms with Gasteiger partial charge in [0.2, 0.25) is 0 Å². The molecule has 0 aliphatic rings. The van der Waals surface area contributed by atoms with Crippen molar-refractivity contribution in [2.45, 2.75) is 32.9 Å². The van der Waals surface area contributed by atoms with Crippen LogP contribution in [-0.2, 0) is 6.54 Å². The van der Waals surface area contributed by atoms with Gasteiger partial charge in [-0.2, -0.15) is 0 Å². The van der Waals surface area contributed by atoms with Crippen LogP contribution in [0.1, 0.15) is 25.8 Å². The van der Waals surface area contributed by atoms with E-state index in [0.29, 0.717) is 6.04 Å². The SMILES string of the molecule is CC(C)CC(CN(C)C)NCc1ccc2[nH]ccc2c1. The van der Waals surface area contributed by atoms with Crippen molar-refractivity contribution in [2.24, 2.45) is 5.92 Å². The van der Waals surface area contributed by atoms with Gasteiger partial charge in [0.25, 0.3) is 0 Å². The molecule has 2 N–H and O–H groups in total. The van der Waals surface area contributed by atoms with Crippen LogP contribution in [0.5, 0.6) is 0 Å². The standard InChI is InChI=1S/C17H27N3/c1-13(2)9-16(12-20(3)4)19-11-14-5-6-17-15(10-14)7-8-18-17/h5-8,10,13,16,18-19H,9,11-12H2,1-4H3. The zero-order chi connectivity index (χ0) is 14.5. The van der Waals surface area contributed by atoms with Gasteiger partial charge in [-0.3, -0.25) is 0 Å². The van der Waals surface area contributed by atoms with Gasteiger partial charge >= 0.3 is 0 Å². The van der Waals surface area contributed by atoms with Crippen molar-refractivity contribution in [1.29, 1.82) is 0 Å². The maximum Gasteiger partial charge on any atom is 0.0454 e. The fourth-order valence-electron chi connectivity index (χ4n) is 2.71. The van der Waals surface area contributed by atoms with E-state index in [0.717, 1.165) is 19.0 Å². The lowest BCUT2D eigenvalue weighted by Gasteiger charge is -2.24. The van der Waals surface area contributed by atoms with E-state index in [4.69, 9.17) is 0 Å². The number of benzene rings is 1. The third kappa shape index (κ3) is 4.36. The number of nitrogens with one attached hydrogen (secondary N) is 2. The third-order valence-electron chi connectivity index (χ3n) is 3.55. The molecule has 1 unspecified atom stereocenters. The van der Waals surface area contributed by atoms with Crippen LogP contribution in [0.3, 0.4) is 0 Å². The third-order valence-corrected chi connectivity index (χ3v) is 3.55. The molecule has 0 saturated carbocycles. The Morgan fingerprint density at radius 3 is 2.70 bits per heavy atom. The molecule has 0 bridgehead atoms. The van der Waals surface area contributed by atoms with Crippen LogP contribution >= 0.6 is 0 Å². The number of aromatic amines is 1. The molecule has 0 spiro atoms. The number of likely N-dealkylation sites (N-methyl/N-ethyl adjacent to an activating group) is 1. The summed E-state index contributed by atoms with van der Waals surface area (Å²) in [4.78, 5) is 5.50. The predicted molar refractivity (Wildman–Crippen MR) is 86.9 cm³/mol. The summed E-state index contributed by atoms with van der Waals surface area (Å²) in [5, 5.41) is 4.99. The van der Waals surface area contributed by atoms with Crippen LogP contribution in [0.15, 0.2) is 30.5 Å². The molecular weight excluding hydrogens is 246 g/mol. The molecule has 1 aromatic heterocycles. The molecule has 0 aliphatic carbocycles. The van der Waals surface area contributed by atoms with E-state index in [1.807, 2.05) is 6.20 Å². The average molecular weight is 273 g/mol. The van der Waals surface area contributed by atoms with E-state index in [-0.39, 0.29) is 0 Å². The Labute approximate surface area is 122 Å². The lowest BCUT2D eigenvalue weighted by atomic mass is 10.0. The predicted octanol–water partition coefficient (Wildman–Crippen LogP) is 3.23. The highest BCUT2D eigenvalue weighted by Gasteiger charge is 2.11. The topological polar surface area (TPSA) is 31.1 Å². The van der Waals surface area contributed by atoms with Crippen LogP contribution in [0.2, 0.25) is 0 Å². The van der Waals surface area contributed by atoms with Gasteiger partial charge in [0.15, 0.2) is 0 Å². The number of aromatic nitrogens is 1. The summed E-state index contributed by atoms with van der Waals surface area (Å²) >= 11 is 0. The van der Waals surface area contributed by atoms with Crippen LogP contribution < -0.4 is 5.32 Å². The van der Waals surface area contributed by atoms with E-state index in [9.17, 15) is 0 Å². The Morgan fingerprint density at radius 2 is 2.00 bits per heavy atom. The van der Waals surface area contributed by atoms with Crippen LogP contribution in [-0.4, -0.2) is 36.6 Å². The van der Waals surface area contributed by atoms with E-state index < -0.39 is 0 Å². The quantitative estimate of drug-likeness (QED) is 0.811. The van der Waals surface area contributed by atoms with Gasteiger partial charge in [0.05, 0.1) is 0 Å². The molecule has 0 saturated heterocycles.